The van der Waals surface area contributed by atoms with Gasteiger partial charge < -0.3 is 10.9 Å². The molecule has 0 saturated carbocycles. The molecule has 0 aromatic carbocycles. The van der Waals surface area contributed by atoms with Crippen LogP contribution in [0.15, 0.2) is 4.99 Å². The minimum absolute atomic E-state index is 0.0791. The minimum Gasteiger partial charge on any atom is -0.321 e. The molecule has 0 aliphatic carbocycles. The number of hydroxylamine groups is 1. The molecule has 4 N–H and O–H groups in total. The van der Waals surface area contributed by atoms with E-state index in [0.29, 0.717) is 13.1 Å². The molecule has 0 spiro atoms. The second-order valence-electron chi connectivity index (χ2n) is 3.31. The van der Waals surface area contributed by atoms with Crippen molar-refractivity contribution in [3.8, 4) is 0 Å². The summed E-state index contributed by atoms with van der Waals surface area (Å²) in [6.45, 7) is 3.02. The SMILES string of the molecule is CCSC(=O)[C@@H](N)CCCCN=CCNO. The summed E-state index contributed by atoms with van der Waals surface area (Å²) >= 11 is 1.28. The van der Waals surface area contributed by atoms with Gasteiger partial charge in [-0.2, -0.15) is 0 Å². The van der Waals surface area contributed by atoms with E-state index in [4.69, 9.17) is 10.9 Å². The Bertz CT molecular complexity index is 212. The van der Waals surface area contributed by atoms with Crippen LogP contribution in [0.1, 0.15) is 26.2 Å². The molecule has 0 saturated heterocycles. The number of aliphatic imine (C=N–C) groups is 1. The molecule has 0 bridgehead atoms. The number of carbonyl (C=O) groups is 1. The van der Waals surface area contributed by atoms with Crippen LogP contribution in [0.2, 0.25) is 0 Å². The summed E-state index contributed by atoms with van der Waals surface area (Å²) < 4.78 is 0. The predicted octanol–water partition coefficient (Wildman–Crippen LogP) is 0.813. The third kappa shape index (κ3) is 8.84. The molecule has 16 heavy (non-hydrogen) atoms. The average Bonchev–Trinajstić information content (AvgIpc) is 2.28. The van der Waals surface area contributed by atoms with Crippen molar-refractivity contribution < 1.29 is 10.0 Å². The Morgan fingerprint density at radius 2 is 2.38 bits per heavy atom. The third-order valence-corrected chi connectivity index (χ3v) is 2.83. The molecular formula is C10H21N3O2S. The quantitative estimate of drug-likeness (QED) is 0.319. The number of carbonyl (C=O) groups excluding carboxylic acids is 1. The highest BCUT2D eigenvalue weighted by atomic mass is 32.2. The van der Waals surface area contributed by atoms with Crippen molar-refractivity contribution in [2.24, 2.45) is 10.7 Å². The fourth-order valence-electron chi connectivity index (χ4n) is 1.13. The van der Waals surface area contributed by atoms with Crippen molar-refractivity contribution in [1.29, 1.82) is 0 Å². The number of hydrogen-bond acceptors (Lipinski definition) is 6. The summed E-state index contributed by atoms with van der Waals surface area (Å²) in [6.07, 6.45) is 4.17. The smallest absolute Gasteiger partial charge is 0.205 e. The summed E-state index contributed by atoms with van der Waals surface area (Å²) in [5.74, 6) is 0.783. The van der Waals surface area contributed by atoms with Crippen LogP contribution in [0.5, 0.6) is 0 Å². The molecule has 0 heterocycles. The Hall–Kier alpha value is -0.430. The maximum atomic E-state index is 11.3. The minimum atomic E-state index is -0.340. The van der Waals surface area contributed by atoms with Crippen molar-refractivity contribution in [2.75, 3.05) is 18.8 Å². The maximum Gasteiger partial charge on any atom is 0.205 e. The van der Waals surface area contributed by atoms with Gasteiger partial charge >= 0.3 is 0 Å². The number of nitrogens with two attached hydrogens (primary N) is 1. The summed E-state index contributed by atoms with van der Waals surface area (Å²) in [5, 5.41) is 8.33. The molecular weight excluding hydrogens is 226 g/mol. The van der Waals surface area contributed by atoms with E-state index in [-0.39, 0.29) is 11.2 Å². The van der Waals surface area contributed by atoms with Crippen LogP contribution in [0, 0.1) is 0 Å². The molecule has 0 aromatic heterocycles. The van der Waals surface area contributed by atoms with Gasteiger partial charge in [-0.05, 0) is 25.0 Å². The first-order valence-corrected chi connectivity index (χ1v) is 6.48. The van der Waals surface area contributed by atoms with Gasteiger partial charge in [-0.25, -0.2) is 5.48 Å². The molecule has 0 amide bonds. The van der Waals surface area contributed by atoms with E-state index in [1.54, 1.807) is 6.21 Å². The molecule has 5 nitrogen and oxygen atoms in total. The van der Waals surface area contributed by atoms with E-state index in [9.17, 15) is 4.79 Å². The second-order valence-corrected chi connectivity index (χ2v) is 4.57. The zero-order valence-electron chi connectivity index (χ0n) is 9.69. The van der Waals surface area contributed by atoms with Crippen molar-refractivity contribution in [2.45, 2.75) is 32.2 Å². The molecule has 0 radical (unpaired) electrons. The van der Waals surface area contributed by atoms with Gasteiger partial charge in [0.2, 0.25) is 5.12 Å². The van der Waals surface area contributed by atoms with Gasteiger partial charge in [0.25, 0.3) is 0 Å². The van der Waals surface area contributed by atoms with Crippen LogP contribution < -0.4 is 11.2 Å². The molecule has 0 aliphatic heterocycles. The Labute approximate surface area is 101 Å². The monoisotopic (exact) mass is 247 g/mol. The van der Waals surface area contributed by atoms with E-state index in [0.717, 1.165) is 25.0 Å². The lowest BCUT2D eigenvalue weighted by Crippen LogP contribution is -2.28. The van der Waals surface area contributed by atoms with Crippen LogP contribution in [0.3, 0.4) is 0 Å². The van der Waals surface area contributed by atoms with Gasteiger partial charge in [-0.15, -0.1) is 0 Å². The van der Waals surface area contributed by atoms with Crippen molar-refractivity contribution >= 4 is 23.1 Å². The van der Waals surface area contributed by atoms with E-state index >= 15 is 0 Å². The van der Waals surface area contributed by atoms with Crippen LogP contribution in [0.25, 0.3) is 0 Å². The van der Waals surface area contributed by atoms with Gasteiger partial charge in [0.15, 0.2) is 0 Å². The highest BCUT2D eigenvalue weighted by Gasteiger charge is 2.11. The fraction of sp³-hybridized carbons (Fsp3) is 0.800. The molecule has 0 fully saturated rings. The number of thioether (sulfide) groups is 1. The van der Waals surface area contributed by atoms with Gasteiger partial charge in [-0.3, -0.25) is 9.79 Å². The second kappa shape index (κ2) is 11.1. The molecule has 1 atom stereocenters. The zero-order chi connectivity index (χ0) is 12.2. The van der Waals surface area contributed by atoms with Crippen molar-refractivity contribution in [3.05, 3.63) is 0 Å². The van der Waals surface area contributed by atoms with Gasteiger partial charge in [0.05, 0.1) is 12.6 Å². The van der Waals surface area contributed by atoms with Gasteiger partial charge in [0.1, 0.15) is 0 Å². The Morgan fingerprint density at radius 1 is 1.62 bits per heavy atom. The number of nitrogens with one attached hydrogen (secondary N) is 1. The summed E-state index contributed by atoms with van der Waals surface area (Å²) in [6, 6.07) is -0.340. The highest BCUT2D eigenvalue weighted by Crippen LogP contribution is 2.08. The Balaban J connectivity index is 3.40. The van der Waals surface area contributed by atoms with E-state index in [1.807, 2.05) is 12.4 Å². The zero-order valence-corrected chi connectivity index (χ0v) is 10.5. The van der Waals surface area contributed by atoms with Crippen LogP contribution >= 0.6 is 11.8 Å². The van der Waals surface area contributed by atoms with Crippen LogP contribution in [-0.4, -0.2) is 41.4 Å². The van der Waals surface area contributed by atoms with Gasteiger partial charge in [-0.1, -0.05) is 18.7 Å². The van der Waals surface area contributed by atoms with Crippen molar-refractivity contribution in [3.63, 3.8) is 0 Å². The van der Waals surface area contributed by atoms with Crippen LogP contribution in [-0.2, 0) is 4.79 Å². The van der Waals surface area contributed by atoms with Crippen LogP contribution in [0.4, 0.5) is 0 Å². The van der Waals surface area contributed by atoms with E-state index in [1.165, 1.54) is 11.8 Å². The summed E-state index contributed by atoms with van der Waals surface area (Å²) in [7, 11) is 0. The Morgan fingerprint density at radius 3 is 3.00 bits per heavy atom. The Kier molecular flexibility index (Phi) is 10.8. The van der Waals surface area contributed by atoms with E-state index in [2.05, 4.69) is 4.99 Å². The number of unbranched alkanes of at least 4 members (excludes halogenated alkanes) is 1. The first-order valence-electron chi connectivity index (χ1n) is 5.49. The normalized spacial score (nSPS) is 13.2. The molecule has 0 unspecified atom stereocenters. The average molecular weight is 247 g/mol. The van der Waals surface area contributed by atoms with Gasteiger partial charge in [0, 0.05) is 12.8 Å². The lowest BCUT2D eigenvalue weighted by molar-refractivity contribution is -0.112. The lowest BCUT2D eigenvalue weighted by Gasteiger charge is -2.08. The first kappa shape index (κ1) is 15.6. The fourth-order valence-corrected chi connectivity index (χ4v) is 1.75. The maximum absolute atomic E-state index is 11.3. The third-order valence-electron chi connectivity index (χ3n) is 1.95. The molecule has 0 rings (SSSR count). The largest absolute Gasteiger partial charge is 0.321 e. The topological polar surface area (TPSA) is 87.7 Å². The standard InChI is InChI=1S/C10H21N3O2S/c1-2-16-10(14)9(11)5-3-4-6-12-7-8-13-15/h7,9,13,15H,2-6,8,11H2,1H3/t9-/m0/s1. The molecule has 0 aromatic rings. The first-order chi connectivity index (χ1) is 7.72. The summed E-state index contributed by atoms with van der Waals surface area (Å²) in [5.41, 5.74) is 7.70. The number of nitrogens with zero attached hydrogens (tertiary/aromatic N) is 1. The predicted molar refractivity (Wildman–Crippen MR) is 68.1 cm³/mol. The molecule has 0 aliphatic rings. The number of hydrogen-bond donors (Lipinski definition) is 3. The molecule has 94 valence electrons. The number of rotatable bonds is 9. The molecule has 6 heteroatoms. The van der Waals surface area contributed by atoms with Crippen molar-refractivity contribution in [1.82, 2.24) is 5.48 Å². The summed E-state index contributed by atoms with van der Waals surface area (Å²) in [4.78, 5) is 15.4. The van der Waals surface area contributed by atoms with E-state index < -0.39 is 0 Å². The highest BCUT2D eigenvalue weighted by molar-refractivity contribution is 8.13. The lowest BCUT2D eigenvalue weighted by atomic mass is 10.1.